The van der Waals surface area contributed by atoms with Crippen molar-refractivity contribution in [2.24, 2.45) is 5.92 Å². The van der Waals surface area contributed by atoms with E-state index in [2.05, 4.69) is 12.1 Å². The first-order valence-electron chi connectivity index (χ1n) is 7.30. The van der Waals surface area contributed by atoms with Crippen LogP contribution in [0.3, 0.4) is 0 Å². The molecule has 0 unspecified atom stereocenters. The second-order valence-electron chi connectivity index (χ2n) is 5.70. The van der Waals surface area contributed by atoms with Gasteiger partial charge >= 0.3 is 6.09 Å². The average molecular weight is 259 g/mol. The Morgan fingerprint density at radius 1 is 1.21 bits per heavy atom. The van der Waals surface area contributed by atoms with Crippen LogP contribution >= 0.6 is 0 Å². The van der Waals surface area contributed by atoms with E-state index in [4.69, 9.17) is 4.74 Å². The van der Waals surface area contributed by atoms with Crippen LogP contribution in [-0.4, -0.2) is 30.2 Å². The predicted molar refractivity (Wildman–Crippen MR) is 73.9 cm³/mol. The van der Waals surface area contributed by atoms with E-state index in [0.717, 1.165) is 25.3 Å². The number of amides is 1. The van der Waals surface area contributed by atoms with E-state index in [9.17, 15) is 4.79 Å². The second kappa shape index (κ2) is 5.64. The Morgan fingerprint density at radius 2 is 2.00 bits per heavy atom. The number of carbonyl (C=O) groups excluding carboxylic acids is 1. The van der Waals surface area contributed by atoms with Gasteiger partial charge in [-0.15, -0.1) is 0 Å². The molecule has 1 aromatic carbocycles. The molecule has 0 N–H and O–H groups in total. The van der Waals surface area contributed by atoms with Crippen molar-refractivity contribution in [3.8, 4) is 0 Å². The molecule has 102 valence electrons. The molecule has 3 nitrogen and oxygen atoms in total. The second-order valence-corrected chi connectivity index (χ2v) is 5.70. The molecule has 0 aromatic heterocycles. The van der Waals surface area contributed by atoms with Gasteiger partial charge < -0.3 is 9.64 Å². The first-order valence-corrected chi connectivity index (χ1v) is 7.30. The van der Waals surface area contributed by atoms with Crippen molar-refractivity contribution in [3.63, 3.8) is 0 Å². The molecule has 1 atom stereocenters. The molecule has 1 aliphatic heterocycles. The first-order chi connectivity index (χ1) is 9.33. The van der Waals surface area contributed by atoms with E-state index in [-0.39, 0.29) is 12.1 Å². The molecule has 19 heavy (non-hydrogen) atoms. The molecule has 3 heteroatoms. The molecule has 1 aliphatic carbocycles. The number of nitrogens with zero attached hydrogens (tertiary/aromatic N) is 1. The zero-order valence-electron chi connectivity index (χ0n) is 11.3. The van der Waals surface area contributed by atoms with Gasteiger partial charge in [0, 0.05) is 6.54 Å². The zero-order chi connectivity index (χ0) is 13.1. The van der Waals surface area contributed by atoms with Crippen molar-refractivity contribution in [2.75, 3.05) is 13.2 Å². The summed E-state index contributed by atoms with van der Waals surface area (Å²) < 4.78 is 5.21. The summed E-state index contributed by atoms with van der Waals surface area (Å²) in [7, 11) is 0. The van der Waals surface area contributed by atoms with Gasteiger partial charge in [-0.2, -0.15) is 0 Å². The molecule has 2 aliphatic rings. The van der Waals surface area contributed by atoms with Crippen LogP contribution in [0.2, 0.25) is 0 Å². The van der Waals surface area contributed by atoms with Crippen LogP contribution in [0.5, 0.6) is 0 Å². The van der Waals surface area contributed by atoms with E-state index < -0.39 is 0 Å². The highest BCUT2D eigenvalue weighted by Crippen LogP contribution is 2.33. The van der Waals surface area contributed by atoms with E-state index in [1.165, 1.54) is 24.8 Å². The van der Waals surface area contributed by atoms with Crippen molar-refractivity contribution in [1.29, 1.82) is 0 Å². The average Bonchev–Trinajstić information content (AvgIpc) is 3.19. The van der Waals surface area contributed by atoms with Crippen LogP contribution in [-0.2, 0) is 11.2 Å². The van der Waals surface area contributed by atoms with Crippen molar-refractivity contribution in [3.05, 3.63) is 35.9 Å². The lowest BCUT2D eigenvalue weighted by molar-refractivity contribution is 0.157. The quantitative estimate of drug-likeness (QED) is 0.785. The van der Waals surface area contributed by atoms with Gasteiger partial charge in [-0.25, -0.2) is 4.79 Å². The van der Waals surface area contributed by atoms with Crippen LogP contribution in [0.1, 0.15) is 31.2 Å². The van der Waals surface area contributed by atoms with Gasteiger partial charge in [-0.05, 0) is 30.7 Å². The number of benzene rings is 1. The third kappa shape index (κ3) is 3.28. The minimum Gasteiger partial charge on any atom is -0.447 e. The smallest absolute Gasteiger partial charge is 0.410 e. The summed E-state index contributed by atoms with van der Waals surface area (Å²) in [4.78, 5) is 13.7. The van der Waals surface area contributed by atoms with Crippen LogP contribution in [0.25, 0.3) is 0 Å². The van der Waals surface area contributed by atoms with Gasteiger partial charge in [0.1, 0.15) is 6.61 Å². The maximum Gasteiger partial charge on any atom is 0.410 e. The summed E-state index contributed by atoms with van der Waals surface area (Å²) in [6.07, 6.45) is 5.93. The van der Waals surface area contributed by atoms with Crippen molar-refractivity contribution in [2.45, 2.75) is 38.1 Å². The Kier molecular flexibility index (Phi) is 3.72. The Balaban J connectivity index is 1.54. The fourth-order valence-electron chi connectivity index (χ4n) is 2.78. The first kappa shape index (κ1) is 12.5. The Labute approximate surface area is 114 Å². The fraction of sp³-hybridized carbons (Fsp3) is 0.562. The highest BCUT2D eigenvalue weighted by molar-refractivity contribution is 5.70. The normalized spacial score (nSPS) is 22.6. The molecule has 0 bridgehead atoms. The van der Waals surface area contributed by atoms with Crippen molar-refractivity contribution >= 4 is 6.09 Å². The van der Waals surface area contributed by atoms with Gasteiger partial charge in [0.05, 0.1) is 6.04 Å². The Morgan fingerprint density at radius 3 is 2.74 bits per heavy atom. The Bertz CT molecular complexity index is 428. The maximum absolute atomic E-state index is 11.8. The van der Waals surface area contributed by atoms with Gasteiger partial charge in [0.15, 0.2) is 0 Å². The van der Waals surface area contributed by atoms with Gasteiger partial charge in [-0.3, -0.25) is 0 Å². The fourth-order valence-corrected chi connectivity index (χ4v) is 2.78. The molecular formula is C16H21NO2. The maximum atomic E-state index is 11.8. The summed E-state index contributed by atoms with van der Waals surface area (Å²) in [5.41, 5.74) is 1.28. The van der Waals surface area contributed by atoms with Gasteiger partial charge in [0.2, 0.25) is 0 Å². The van der Waals surface area contributed by atoms with Gasteiger partial charge in [0.25, 0.3) is 0 Å². The lowest BCUT2D eigenvalue weighted by atomic mass is 10.1. The zero-order valence-corrected chi connectivity index (χ0v) is 11.3. The van der Waals surface area contributed by atoms with E-state index in [1.54, 1.807) is 0 Å². The topological polar surface area (TPSA) is 29.5 Å². The number of hydrogen-bond donors (Lipinski definition) is 0. The highest BCUT2D eigenvalue weighted by atomic mass is 16.6. The minimum atomic E-state index is -0.128. The summed E-state index contributed by atoms with van der Waals surface area (Å²) in [6, 6.07) is 10.6. The molecule has 3 rings (SSSR count). The number of cyclic esters (lactones) is 1. The SMILES string of the molecule is O=C1OC[C@H](Cc2ccccc2)N1CCCC1CC1. The van der Waals surface area contributed by atoms with E-state index in [1.807, 2.05) is 23.1 Å². The van der Waals surface area contributed by atoms with E-state index >= 15 is 0 Å². The highest BCUT2D eigenvalue weighted by Gasteiger charge is 2.32. The molecular weight excluding hydrogens is 238 g/mol. The van der Waals surface area contributed by atoms with Crippen molar-refractivity contribution in [1.82, 2.24) is 4.90 Å². The molecule has 1 amide bonds. The van der Waals surface area contributed by atoms with Crippen LogP contribution < -0.4 is 0 Å². The summed E-state index contributed by atoms with van der Waals surface area (Å²) in [6.45, 7) is 1.39. The number of rotatable bonds is 6. The summed E-state index contributed by atoms with van der Waals surface area (Å²) in [5, 5.41) is 0. The largest absolute Gasteiger partial charge is 0.447 e. The third-order valence-electron chi connectivity index (χ3n) is 4.10. The predicted octanol–water partition coefficient (Wildman–Crippen LogP) is 3.24. The molecule has 1 saturated carbocycles. The number of ether oxygens (including phenoxy) is 1. The van der Waals surface area contributed by atoms with Crippen LogP contribution in [0, 0.1) is 5.92 Å². The third-order valence-corrected chi connectivity index (χ3v) is 4.10. The minimum absolute atomic E-state index is 0.128. The summed E-state index contributed by atoms with van der Waals surface area (Å²) in [5.74, 6) is 0.936. The van der Waals surface area contributed by atoms with Gasteiger partial charge in [-0.1, -0.05) is 43.2 Å². The molecule has 0 spiro atoms. The van der Waals surface area contributed by atoms with Crippen LogP contribution in [0.4, 0.5) is 4.79 Å². The lowest BCUT2D eigenvalue weighted by Crippen LogP contribution is -2.35. The standard InChI is InChI=1S/C16H21NO2/c18-16-17(10-4-7-13-8-9-13)15(12-19-16)11-14-5-2-1-3-6-14/h1-3,5-6,13,15H,4,7-12H2/t15-/m0/s1. The Hall–Kier alpha value is -1.51. The summed E-state index contributed by atoms with van der Waals surface area (Å²) >= 11 is 0. The van der Waals surface area contributed by atoms with Crippen LogP contribution in [0.15, 0.2) is 30.3 Å². The molecule has 1 saturated heterocycles. The lowest BCUT2D eigenvalue weighted by Gasteiger charge is -2.21. The number of carbonyl (C=O) groups is 1. The molecule has 1 aromatic rings. The molecule has 2 fully saturated rings. The molecule has 1 heterocycles. The number of hydrogen-bond acceptors (Lipinski definition) is 2. The molecule has 0 radical (unpaired) electrons. The van der Waals surface area contributed by atoms with Crippen molar-refractivity contribution < 1.29 is 9.53 Å². The monoisotopic (exact) mass is 259 g/mol. The van der Waals surface area contributed by atoms with E-state index in [0.29, 0.717) is 6.61 Å².